The molecule has 0 bridgehead atoms. The molecule has 0 radical (unpaired) electrons. The zero-order valence-electron chi connectivity index (χ0n) is 19.8. The van der Waals surface area contributed by atoms with Gasteiger partial charge in [-0.1, -0.05) is 61.4 Å². The molecule has 0 unspecified atom stereocenters. The van der Waals surface area contributed by atoms with Gasteiger partial charge in [0.2, 0.25) is 0 Å². The Bertz CT molecular complexity index is 957. The summed E-state index contributed by atoms with van der Waals surface area (Å²) in [5.74, 6) is -0.149. The van der Waals surface area contributed by atoms with Crippen LogP contribution in [0.5, 0.6) is 0 Å². The maximum Gasteiger partial charge on any atom is 0.407 e. The number of amides is 1. The van der Waals surface area contributed by atoms with E-state index in [9.17, 15) is 9.59 Å². The van der Waals surface area contributed by atoms with E-state index in [4.69, 9.17) is 15.2 Å². The molecular weight excluding hydrogens is 430 g/mol. The van der Waals surface area contributed by atoms with Crippen LogP contribution in [0.4, 0.5) is 4.79 Å². The summed E-state index contributed by atoms with van der Waals surface area (Å²) in [7, 11) is 1.43. The van der Waals surface area contributed by atoms with Crippen LogP contribution in [0.1, 0.15) is 55.6 Å². The summed E-state index contributed by atoms with van der Waals surface area (Å²) in [5.41, 5.74) is 10.5. The van der Waals surface area contributed by atoms with Crippen LogP contribution in [-0.2, 0) is 14.3 Å². The molecular formula is C27H35N3O4. The zero-order valence-corrected chi connectivity index (χ0v) is 19.8. The van der Waals surface area contributed by atoms with Gasteiger partial charge < -0.3 is 25.8 Å². The first-order valence-corrected chi connectivity index (χ1v) is 12.2. The average molecular weight is 466 g/mol. The molecule has 2 aliphatic rings. The second kappa shape index (κ2) is 11.0. The van der Waals surface area contributed by atoms with E-state index < -0.39 is 11.6 Å². The normalized spacial score (nSPS) is 17.0. The number of hydrogen-bond donors (Lipinski definition) is 3. The van der Waals surface area contributed by atoms with Crippen molar-refractivity contribution in [2.24, 2.45) is 5.73 Å². The second-order valence-electron chi connectivity index (χ2n) is 9.32. The lowest BCUT2D eigenvalue weighted by atomic mass is 9.97. The molecule has 2 aliphatic carbocycles. The summed E-state index contributed by atoms with van der Waals surface area (Å²) >= 11 is 0. The number of fused-ring (bicyclic) bond motifs is 3. The molecule has 4 N–H and O–H groups in total. The van der Waals surface area contributed by atoms with Crippen LogP contribution in [0.3, 0.4) is 0 Å². The van der Waals surface area contributed by atoms with Gasteiger partial charge in [0.25, 0.3) is 0 Å². The lowest BCUT2D eigenvalue weighted by Crippen LogP contribution is -2.54. The number of carbonyl (C=O) groups excluding carboxylic acids is 2. The SMILES string of the molecule is COC(=O)C1(NC[C@@H](N)CCCNC(=O)OCC2c3ccccc3-c3ccccc32)CCCC1. The molecule has 1 atom stereocenters. The Labute approximate surface area is 201 Å². The predicted molar refractivity (Wildman–Crippen MR) is 131 cm³/mol. The summed E-state index contributed by atoms with van der Waals surface area (Å²) < 4.78 is 10.6. The molecule has 182 valence electrons. The van der Waals surface area contributed by atoms with Gasteiger partial charge in [0.05, 0.1) is 7.11 Å². The molecule has 0 heterocycles. The van der Waals surface area contributed by atoms with Crippen LogP contribution in [-0.4, -0.2) is 50.4 Å². The third kappa shape index (κ3) is 5.26. The third-order valence-corrected chi connectivity index (χ3v) is 7.10. The molecule has 0 saturated heterocycles. The van der Waals surface area contributed by atoms with Crippen molar-refractivity contribution in [3.63, 3.8) is 0 Å². The number of carbonyl (C=O) groups is 2. The highest BCUT2D eigenvalue weighted by Crippen LogP contribution is 2.44. The summed E-state index contributed by atoms with van der Waals surface area (Å²) in [5, 5.41) is 6.18. The molecule has 2 aromatic carbocycles. The van der Waals surface area contributed by atoms with Crippen molar-refractivity contribution in [2.75, 3.05) is 26.8 Å². The number of esters is 1. The van der Waals surface area contributed by atoms with Crippen LogP contribution in [0, 0.1) is 0 Å². The molecule has 0 aliphatic heterocycles. The standard InChI is InChI=1S/C27H35N3O4/c1-33-25(31)27(14-6-7-15-27)30-17-19(28)9-8-16-29-26(32)34-18-24-22-12-4-2-10-20(22)21-11-3-5-13-23(21)24/h2-5,10-13,19,24,30H,6-9,14-18,28H2,1H3,(H,29,32)/t19-/m0/s1. The Balaban J connectivity index is 1.17. The van der Waals surface area contributed by atoms with Crippen molar-refractivity contribution < 1.29 is 19.1 Å². The van der Waals surface area contributed by atoms with Crippen LogP contribution < -0.4 is 16.4 Å². The zero-order chi connectivity index (χ0) is 24.0. The van der Waals surface area contributed by atoms with Gasteiger partial charge in [-0.05, 0) is 47.9 Å². The van der Waals surface area contributed by atoms with Gasteiger partial charge in [-0.3, -0.25) is 4.79 Å². The Morgan fingerprint density at radius 1 is 1.06 bits per heavy atom. The fourth-order valence-corrected chi connectivity index (χ4v) is 5.26. The highest BCUT2D eigenvalue weighted by Gasteiger charge is 2.41. The van der Waals surface area contributed by atoms with Gasteiger partial charge in [0.15, 0.2) is 0 Å². The van der Waals surface area contributed by atoms with Crippen molar-refractivity contribution in [3.8, 4) is 11.1 Å². The number of methoxy groups -OCH3 is 1. The Morgan fingerprint density at radius 2 is 1.68 bits per heavy atom. The highest BCUT2D eigenvalue weighted by molar-refractivity contribution is 5.81. The van der Waals surface area contributed by atoms with Gasteiger partial charge in [0.1, 0.15) is 12.1 Å². The van der Waals surface area contributed by atoms with E-state index in [1.54, 1.807) is 0 Å². The van der Waals surface area contributed by atoms with Gasteiger partial charge in [0, 0.05) is 25.0 Å². The smallest absolute Gasteiger partial charge is 0.407 e. The summed E-state index contributed by atoms with van der Waals surface area (Å²) in [4.78, 5) is 24.5. The molecule has 1 saturated carbocycles. The lowest BCUT2D eigenvalue weighted by Gasteiger charge is -2.28. The number of alkyl carbamates (subject to hydrolysis) is 1. The Morgan fingerprint density at radius 3 is 2.29 bits per heavy atom. The first-order valence-electron chi connectivity index (χ1n) is 12.2. The number of nitrogens with one attached hydrogen (secondary N) is 2. The number of benzene rings is 2. The molecule has 0 spiro atoms. The fourth-order valence-electron chi connectivity index (χ4n) is 5.26. The number of rotatable bonds is 10. The van der Waals surface area contributed by atoms with E-state index in [1.807, 2.05) is 24.3 Å². The monoisotopic (exact) mass is 465 g/mol. The van der Waals surface area contributed by atoms with Crippen molar-refractivity contribution in [1.82, 2.24) is 10.6 Å². The first-order chi connectivity index (χ1) is 16.5. The quantitative estimate of drug-likeness (QED) is 0.365. The minimum absolute atomic E-state index is 0.0513. The van der Waals surface area contributed by atoms with Gasteiger partial charge in [-0.25, -0.2) is 4.79 Å². The molecule has 1 fully saturated rings. The van der Waals surface area contributed by atoms with Gasteiger partial charge in [-0.2, -0.15) is 0 Å². The molecule has 4 rings (SSSR count). The maximum absolute atomic E-state index is 12.3. The number of hydrogen-bond acceptors (Lipinski definition) is 6. The topological polar surface area (TPSA) is 103 Å². The van der Waals surface area contributed by atoms with Crippen LogP contribution >= 0.6 is 0 Å². The minimum Gasteiger partial charge on any atom is -0.468 e. The molecule has 1 amide bonds. The summed E-state index contributed by atoms with van der Waals surface area (Å²) in [6, 6.07) is 16.5. The van der Waals surface area contributed by atoms with Crippen LogP contribution in [0.15, 0.2) is 48.5 Å². The largest absolute Gasteiger partial charge is 0.468 e. The van der Waals surface area contributed by atoms with E-state index in [2.05, 4.69) is 34.9 Å². The summed E-state index contributed by atoms with van der Waals surface area (Å²) in [6.45, 7) is 1.34. The summed E-state index contributed by atoms with van der Waals surface area (Å²) in [6.07, 6.45) is 4.66. The van der Waals surface area contributed by atoms with Crippen LogP contribution in [0.2, 0.25) is 0 Å². The van der Waals surface area contributed by atoms with E-state index in [0.717, 1.165) is 38.5 Å². The maximum atomic E-state index is 12.3. The van der Waals surface area contributed by atoms with Crippen molar-refractivity contribution in [2.45, 2.75) is 56.0 Å². The Hall–Kier alpha value is -2.90. The first kappa shape index (κ1) is 24.2. The predicted octanol–water partition coefficient (Wildman–Crippen LogP) is 3.71. The highest BCUT2D eigenvalue weighted by atomic mass is 16.5. The van der Waals surface area contributed by atoms with Crippen molar-refractivity contribution >= 4 is 12.1 Å². The molecule has 0 aromatic heterocycles. The van der Waals surface area contributed by atoms with Crippen molar-refractivity contribution in [1.29, 1.82) is 0 Å². The molecule has 2 aromatic rings. The van der Waals surface area contributed by atoms with E-state index in [1.165, 1.54) is 29.4 Å². The lowest BCUT2D eigenvalue weighted by molar-refractivity contribution is -0.148. The van der Waals surface area contributed by atoms with Crippen LogP contribution in [0.25, 0.3) is 11.1 Å². The number of ether oxygens (including phenoxy) is 2. The van der Waals surface area contributed by atoms with E-state index in [0.29, 0.717) is 19.7 Å². The van der Waals surface area contributed by atoms with Gasteiger partial charge in [-0.15, -0.1) is 0 Å². The fraction of sp³-hybridized carbons (Fsp3) is 0.481. The number of nitrogens with two attached hydrogens (primary N) is 1. The van der Waals surface area contributed by atoms with E-state index in [-0.39, 0.29) is 17.9 Å². The van der Waals surface area contributed by atoms with E-state index >= 15 is 0 Å². The molecule has 34 heavy (non-hydrogen) atoms. The molecule has 7 nitrogen and oxygen atoms in total. The van der Waals surface area contributed by atoms with Crippen molar-refractivity contribution in [3.05, 3.63) is 59.7 Å². The minimum atomic E-state index is -0.591. The Kier molecular flexibility index (Phi) is 7.85. The average Bonchev–Trinajstić information content (AvgIpc) is 3.47. The second-order valence-corrected chi connectivity index (χ2v) is 9.32. The molecule has 7 heteroatoms. The van der Waals surface area contributed by atoms with Gasteiger partial charge >= 0.3 is 12.1 Å². The third-order valence-electron chi connectivity index (χ3n) is 7.10.